The minimum absolute atomic E-state index is 0.0537. The van der Waals surface area contributed by atoms with E-state index in [0.717, 1.165) is 44.9 Å². The summed E-state index contributed by atoms with van der Waals surface area (Å²) in [5.74, 6) is 0.0537. The predicted octanol–water partition coefficient (Wildman–Crippen LogP) is 2.79. The lowest BCUT2D eigenvalue weighted by molar-refractivity contribution is -0.170. The molecule has 2 aliphatic rings. The summed E-state index contributed by atoms with van der Waals surface area (Å²) in [5, 5.41) is 17.9. The third-order valence-corrected chi connectivity index (χ3v) is 4.79. The molecule has 2 rings (SSSR count). The molecule has 0 radical (unpaired) electrons. The van der Waals surface area contributed by atoms with Crippen molar-refractivity contribution >= 4 is 0 Å². The molecule has 1 N–H and O–H groups in total. The molecule has 4 nitrogen and oxygen atoms in total. The van der Waals surface area contributed by atoms with Crippen molar-refractivity contribution in [3.8, 4) is 6.07 Å². The second-order valence-electron chi connectivity index (χ2n) is 6.32. The molecule has 0 bridgehead atoms. The molecule has 0 amide bonds. The highest BCUT2D eigenvalue weighted by Crippen LogP contribution is 2.45. The molecule has 0 aromatic carbocycles. The first-order valence-corrected chi connectivity index (χ1v) is 7.97. The minimum atomic E-state index is -0.155. The number of aliphatic hydroxyl groups excluding tert-OH is 1. The first-order valence-electron chi connectivity index (χ1n) is 7.97. The largest absolute Gasteiger partial charge is 0.396 e. The van der Waals surface area contributed by atoms with Crippen LogP contribution in [0.4, 0.5) is 0 Å². The highest BCUT2D eigenvalue weighted by atomic mass is 16.6. The van der Waals surface area contributed by atoms with E-state index in [-0.39, 0.29) is 36.4 Å². The van der Waals surface area contributed by atoms with Gasteiger partial charge in [0.05, 0.1) is 30.0 Å². The molecule has 2 fully saturated rings. The van der Waals surface area contributed by atoms with Gasteiger partial charge in [-0.15, -0.1) is 0 Å². The highest BCUT2D eigenvalue weighted by molar-refractivity contribution is 5.01. The average Bonchev–Trinajstić information content (AvgIpc) is 2.83. The Labute approximate surface area is 122 Å². The molecule has 4 heteroatoms. The van der Waals surface area contributed by atoms with Crippen LogP contribution >= 0.6 is 0 Å². The van der Waals surface area contributed by atoms with Crippen molar-refractivity contribution < 1.29 is 14.6 Å². The monoisotopic (exact) mass is 281 g/mol. The predicted molar refractivity (Wildman–Crippen MR) is 76.1 cm³/mol. The highest BCUT2D eigenvalue weighted by Gasteiger charge is 2.51. The van der Waals surface area contributed by atoms with E-state index in [4.69, 9.17) is 19.8 Å². The molecule has 5 atom stereocenters. The van der Waals surface area contributed by atoms with Gasteiger partial charge in [0.2, 0.25) is 0 Å². The number of nitrogens with zero attached hydrogens (tertiary/aromatic N) is 1. The van der Waals surface area contributed by atoms with Gasteiger partial charge < -0.3 is 14.6 Å². The first kappa shape index (κ1) is 15.8. The van der Waals surface area contributed by atoms with Gasteiger partial charge in [-0.3, -0.25) is 0 Å². The molecular weight excluding hydrogens is 254 g/mol. The Morgan fingerprint density at radius 1 is 1.40 bits per heavy atom. The molecule has 2 saturated heterocycles. The Bertz CT molecular complexity index is 354. The van der Waals surface area contributed by atoms with E-state index >= 15 is 0 Å². The van der Waals surface area contributed by atoms with Crippen molar-refractivity contribution in [1.29, 1.82) is 5.26 Å². The van der Waals surface area contributed by atoms with Crippen LogP contribution in [-0.4, -0.2) is 35.6 Å². The van der Waals surface area contributed by atoms with Crippen LogP contribution in [0, 0.1) is 17.2 Å². The van der Waals surface area contributed by atoms with E-state index in [1.54, 1.807) is 0 Å². The molecule has 2 aliphatic heterocycles. The number of hydrogen-bond acceptors (Lipinski definition) is 4. The third kappa shape index (κ3) is 3.33. The second kappa shape index (κ2) is 6.89. The van der Waals surface area contributed by atoms with Gasteiger partial charge >= 0.3 is 0 Å². The maximum Gasteiger partial charge on any atom is 0.0968 e. The number of hydrogen-bond donors (Lipinski definition) is 1. The van der Waals surface area contributed by atoms with Crippen LogP contribution in [0.5, 0.6) is 0 Å². The van der Waals surface area contributed by atoms with Crippen LogP contribution in [-0.2, 0) is 9.47 Å². The summed E-state index contributed by atoms with van der Waals surface area (Å²) in [7, 11) is 0. The standard InChI is InChI=1S/C16H27NO3/c1-3-16-10-14(5-4-8-18)19-15(16)7-6-13(20-16)9-12(2)11-17/h12-15,18H,3-10H2,1-2H3/t12-,13-,14+,15+,16+/m1/s1. The Morgan fingerprint density at radius 3 is 2.85 bits per heavy atom. The molecule has 0 aromatic rings. The van der Waals surface area contributed by atoms with Crippen molar-refractivity contribution in [3.63, 3.8) is 0 Å². The zero-order chi connectivity index (χ0) is 14.6. The number of nitriles is 1. The molecular formula is C16H27NO3. The van der Waals surface area contributed by atoms with E-state index in [0.29, 0.717) is 0 Å². The van der Waals surface area contributed by atoms with Gasteiger partial charge in [-0.25, -0.2) is 0 Å². The van der Waals surface area contributed by atoms with Gasteiger partial charge in [0, 0.05) is 18.9 Å². The van der Waals surface area contributed by atoms with E-state index in [9.17, 15) is 0 Å². The number of ether oxygens (including phenoxy) is 2. The summed E-state index contributed by atoms with van der Waals surface area (Å²) >= 11 is 0. The lowest BCUT2D eigenvalue weighted by Gasteiger charge is -2.42. The summed E-state index contributed by atoms with van der Waals surface area (Å²) in [6, 6.07) is 2.30. The van der Waals surface area contributed by atoms with Crippen molar-refractivity contribution in [2.24, 2.45) is 5.92 Å². The Balaban J connectivity index is 1.96. The summed E-state index contributed by atoms with van der Waals surface area (Å²) in [4.78, 5) is 0. The van der Waals surface area contributed by atoms with Crippen molar-refractivity contribution in [2.75, 3.05) is 6.61 Å². The normalized spacial score (nSPS) is 38.2. The molecule has 0 aromatic heterocycles. The van der Waals surface area contributed by atoms with Crippen molar-refractivity contribution in [2.45, 2.75) is 82.7 Å². The molecule has 114 valence electrons. The topological polar surface area (TPSA) is 62.5 Å². The van der Waals surface area contributed by atoms with Gasteiger partial charge in [0.1, 0.15) is 0 Å². The zero-order valence-electron chi connectivity index (χ0n) is 12.7. The second-order valence-corrected chi connectivity index (χ2v) is 6.32. The van der Waals surface area contributed by atoms with Gasteiger partial charge in [-0.2, -0.15) is 5.26 Å². The fraction of sp³-hybridized carbons (Fsp3) is 0.938. The van der Waals surface area contributed by atoms with Crippen LogP contribution in [0.3, 0.4) is 0 Å². The number of rotatable bonds is 6. The lowest BCUT2D eigenvalue weighted by Crippen LogP contribution is -2.48. The van der Waals surface area contributed by atoms with Crippen LogP contribution in [0.2, 0.25) is 0 Å². The molecule has 2 heterocycles. The summed E-state index contributed by atoms with van der Waals surface area (Å²) in [6.07, 6.45) is 7.08. The molecule has 0 aliphatic carbocycles. The van der Waals surface area contributed by atoms with E-state index < -0.39 is 0 Å². The van der Waals surface area contributed by atoms with E-state index in [1.165, 1.54) is 0 Å². The summed E-state index contributed by atoms with van der Waals surface area (Å²) in [5.41, 5.74) is -0.155. The summed E-state index contributed by atoms with van der Waals surface area (Å²) in [6.45, 7) is 4.36. The van der Waals surface area contributed by atoms with E-state index in [1.807, 2.05) is 6.92 Å². The fourth-order valence-electron chi connectivity index (χ4n) is 3.66. The van der Waals surface area contributed by atoms with Crippen molar-refractivity contribution in [3.05, 3.63) is 0 Å². The zero-order valence-corrected chi connectivity index (χ0v) is 12.7. The molecule has 0 unspecified atom stereocenters. The number of aliphatic hydroxyl groups is 1. The van der Waals surface area contributed by atoms with Gasteiger partial charge in [0.15, 0.2) is 0 Å². The molecule has 0 spiro atoms. The fourth-order valence-corrected chi connectivity index (χ4v) is 3.66. The Hall–Kier alpha value is -0.630. The van der Waals surface area contributed by atoms with Crippen LogP contribution in [0.25, 0.3) is 0 Å². The van der Waals surface area contributed by atoms with Crippen LogP contribution in [0.15, 0.2) is 0 Å². The summed E-state index contributed by atoms with van der Waals surface area (Å²) < 4.78 is 12.5. The van der Waals surface area contributed by atoms with Crippen LogP contribution in [0.1, 0.15) is 58.8 Å². The molecule has 0 saturated carbocycles. The van der Waals surface area contributed by atoms with Gasteiger partial charge in [-0.05, 0) is 45.4 Å². The maximum absolute atomic E-state index is 8.96. The Kier molecular flexibility index (Phi) is 5.42. The van der Waals surface area contributed by atoms with Crippen molar-refractivity contribution in [1.82, 2.24) is 0 Å². The Morgan fingerprint density at radius 2 is 2.20 bits per heavy atom. The maximum atomic E-state index is 8.96. The lowest BCUT2D eigenvalue weighted by atomic mass is 9.83. The molecule has 20 heavy (non-hydrogen) atoms. The third-order valence-electron chi connectivity index (χ3n) is 4.79. The SMILES string of the molecule is CC[C@]12C[C@H](CCCO)O[C@H]1CC[C@H](C[C@@H](C)C#N)O2. The quantitative estimate of drug-likeness (QED) is 0.813. The number of fused-ring (bicyclic) bond motifs is 1. The average molecular weight is 281 g/mol. The minimum Gasteiger partial charge on any atom is -0.396 e. The van der Waals surface area contributed by atoms with Crippen LogP contribution < -0.4 is 0 Å². The van der Waals surface area contributed by atoms with Gasteiger partial charge in [0.25, 0.3) is 0 Å². The van der Waals surface area contributed by atoms with Gasteiger partial charge in [-0.1, -0.05) is 6.92 Å². The smallest absolute Gasteiger partial charge is 0.0968 e. The first-order chi connectivity index (χ1) is 9.63. The van der Waals surface area contributed by atoms with E-state index in [2.05, 4.69) is 13.0 Å².